The lowest BCUT2D eigenvalue weighted by atomic mass is 10.2. The van der Waals surface area contributed by atoms with E-state index in [9.17, 15) is 9.90 Å². The van der Waals surface area contributed by atoms with Gasteiger partial charge in [-0.1, -0.05) is 0 Å². The van der Waals surface area contributed by atoms with Gasteiger partial charge in [0, 0.05) is 26.8 Å². The average Bonchev–Trinajstić information content (AvgIpc) is 2.86. The molecule has 1 unspecified atom stereocenters. The third-order valence-electron chi connectivity index (χ3n) is 3.28. The van der Waals surface area contributed by atoms with Crippen molar-refractivity contribution >= 4 is 11.7 Å². The maximum atomic E-state index is 11.7. The third-order valence-corrected chi connectivity index (χ3v) is 3.28. The van der Waals surface area contributed by atoms with Gasteiger partial charge in [0.2, 0.25) is 0 Å². The maximum absolute atomic E-state index is 11.7. The number of anilines is 1. The van der Waals surface area contributed by atoms with Crippen LogP contribution in [0.5, 0.6) is 0 Å². The van der Waals surface area contributed by atoms with Gasteiger partial charge in [0.25, 0.3) is 5.91 Å². The summed E-state index contributed by atoms with van der Waals surface area (Å²) in [6.45, 7) is 1.07. The van der Waals surface area contributed by atoms with E-state index in [-0.39, 0.29) is 18.6 Å². The lowest BCUT2D eigenvalue weighted by Crippen LogP contribution is -2.32. The van der Waals surface area contributed by atoms with Crippen LogP contribution >= 0.6 is 0 Å². The number of pyridine rings is 1. The average molecular weight is 249 g/mol. The van der Waals surface area contributed by atoms with Crippen molar-refractivity contribution in [1.29, 1.82) is 0 Å². The molecule has 0 aromatic carbocycles. The number of carbonyl (C=O) groups is 1. The van der Waals surface area contributed by atoms with E-state index in [2.05, 4.69) is 9.88 Å². The van der Waals surface area contributed by atoms with Crippen LogP contribution in [0, 0.1) is 0 Å². The predicted octanol–water partition coefficient (Wildman–Crippen LogP) is 0.744. The Morgan fingerprint density at radius 3 is 2.89 bits per heavy atom. The monoisotopic (exact) mass is 249 g/mol. The van der Waals surface area contributed by atoms with Crippen LogP contribution < -0.4 is 4.90 Å². The number of amides is 1. The normalized spacial score (nSPS) is 19.1. The summed E-state index contributed by atoms with van der Waals surface area (Å²) >= 11 is 0. The van der Waals surface area contributed by atoms with Gasteiger partial charge in [-0.3, -0.25) is 4.79 Å². The maximum Gasteiger partial charge on any atom is 0.254 e. The van der Waals surface area contributed by atoms with Crippen LogP contribution in [0.1, 0.15) is 23.2 Å². The van der Waals surface area contributed by atoms with Crippen molar-refractivity contribution in [3.63, 3.8) is 0 Å². The summed E-state index contributed by atoms with van der Waals surface area (Å²) in [7, 11) is 3.44. The molecule has 0 aliphatic carbocycles. The first-order valence-electron chi connectivity index (χ1n) is 6.18. The van der Waals surface area contributed by atoms with Crippen LogP contribution in [0.4, 0.5) is 5.82 Å². The first kappa shape index (κ1) is 12.8. The molecule has 1 aromatic heterocycles. The van der Waals surface area contributed by atoms with E-state index in [0.29, 0.717) is 5.56 Å². The number of rotatable bonds is 3. The summed E-state index contributed by atoms with van der Waals surface area (Å²) in [5, 5.41) is 9.28. The van der Waals surface area contributed by atoms with Crippen molar-refractivity contribution in [2.75, 3.05) is 32.1 Å². The second kappa shape index (κ2) is 5.35. The van der Waals surface area contributed by atoms with Crippen molar-refractivity contribution in [3.05, 3.63) is 23.9 Å². The van der Waals surface area contributed by atoms with Gasteiger partial charge in [-0.15, -0.1) is 0 Å². The van der Waals surface area contributed by atoms with Crippen LogP contribution in [0.3, 0.4) is 0 Å². The highest BCUT2D eigenvalue weighted by atomic mass is 16.3. The van der Waals surface area contributed by atoms with Crippen LogP contribution in [0.25, 0.3) is 0 Å². The first-order valence-corrected chi connectivity index (χ1v) is 6.18. The minimum absolute atomic E-state index is 0.0471. The Labute approximate surface area is 107 Å². The van der Waals surface area contributed by atoms with E-state index in [1.165, 1.54) is 4.90 Å². The van der Waals surface area contributed by atoms with Gasteiger partial charge in [-0.25, -0.2) is 4.98 Å². The minimum Gasteiger partial charge on any atom is -0.394 e. The second-order valence-electron chi connectivity index (χ2n) is 4.78. The molecule has 0 saturated carbocycles. The Morgan fingerprint density at radius 2 is 2.33 bits per heavy atom. The van der Waals surface area contributed by atoms with Gasteiger partial charge in [0.1, 0.15) is 5.82 Å². The molecule has 5 heteroatoms. The van der Waals surface area contributed by atoms with Crippen LogP contribution in [0.2, 0.25) is 0 Å². The number of aliphatic hydroxyl groups excluding tert-OH is 1. The lowest BCUT2D eigenvalue weighted by Gasteiger charge is -2.24. The van der Waals surface area contributed by atoms with Gasteiger partial charge in [-0.2, -0.15) is 0 Å². The number of nitrogens with zero attached hydrogens (tertiary/aromatic N) is 3. The molecule has 1 aliphatic heterocycles. The molecule has 2 rings (SSSR count). The Morgan fingerprint density at radius 1 is 1.56 bits per heavy atom. The third kappa shape index (κ3) is 2.46. The standard InChI is InChI=1S/C13H19N3O2/c1-15(2)13(18)10-5-6-12(14-8-10)16-7-3-4-11(16)9-17/h5-6,8,11,17H,3-4,7,9H2,1-2H3. The molecule has 1 aliphatic rings. The molecule has 18 heavy (non-hydrogen) atoms. The number of hydrogen-bond acceptors (Lipinski definition) is 4. The molecular formula is C13H19N3O2. The molecule has 1 atom stereocenters. The SMILES string of the molecule is CN(C)C(=O)c1ccc(N2CCCC2CO)nc1. The molecule has 1 aromatic rings. The molecule has 1 saturated heterocycles. The Kier molecular flexibility index (Phi) is 3.81. The zero-order valence-corrected chi connectivity index (χ0v) is 10.8. The molecule has 1 fully saturated rings. The summed E-state index contributed by atoms with van der Waals surface area (Å²) < 4.78 is 0. The molecule has 0 bridgehead atoms. The van der Waals surface area contributed by atoms with Crippen molar-refractivity contribution in [1.82, 2.24) is 9.88 Å². The number of aromatic nitrogens is 1. The van der Waals surface area contributed by atoms with Crippen LogP contribution in [0.15, 0.2) is 18.3 Å². The van der Waals surface area contributed by atoms with Crippen LogP contribution in [-0.2, 0) is 0 Å². The van der Waals surface area contributed by atoms with E-state index >= 15 is 0 Å². The quantitative estimate of drug-likeness (QED) is 0.858. The Bertz CT molecular complexity index is 417. The minimum atomic E-state index is -0.0471. The summed E-state index contributed by atoms with van der Waals surface area (Å²) in [6, 6.07) is 3.80. The fourth-order valence-electron chi connectivity index (χ4n) is 2.27. The van der Waals surface area contributed by atoms with E-state index in [1.54, 1.807) is 26.4 Å². The van der Waals surface area contributed by atoms with E-state index < -0.39 is 0 Å². The fraction of sp³-hybridized carbons (Fsp3) is 0.538. The van der Waals surface area contributed by atoms with Crippen LogP contribution in [-0.4, -0.2) is 54.2 Å². The predicted molar refractivity (Wildman–Crippen MR) is 69.7 cm³/mol. The van der Waals surface area contributed by atoms with Crippen molar-refractivity contribution < 1.29 is 9.90 Å². The van der Waals surface area contributed by atoms with Crippen molar-refractivity contribution in [2.24, 2.45) is 0 Å². The molecule has 5 nitrogen and oxygen atoms in total. The summed E-state index contributed by atoms with van der Waals surface area (Å²) in [4.78, 5) is 19.7. The molecular weight excluding hydrogens is 230 g/mol. The van der Waals surface area contributed by atoms with Gasteiger partial charge >= 0.3 is 0 Å². The first-order chi connectivity index (χ1) is 8.63. The molecule has 0 radical (unpaired) electrons. The highest BCUT2D eigenvalue weighted by Gasteiger charge is 2.24. The fourth-order valence-corrected chi connectivity index (χ4v) is 2.27. The summed E-state index contributed by atoms with van der Waals surface area (Å²) in [6.07, 6.45) is 3.67. The largest absolute Gasteiger partial charge is 0.394 e. The second-order valence-corrected chi connectivity index (χ2v) is 4.78. The summed E-state index contributed by atoms with van der Waals surface area (Å²) in [5.41, 5.74) is 0.587. The van der Waals surface area contributed by atoms with Crippen molar-refractivity contribution in [3.8, 4) is 0 Å². The number of aliphatic hydroxyl groups is 1. The van der Waals surface area contributed by atoms with E-state index in [4.69, 9.17) is 0 Å². The molecule has 1 amide bonds. The smallest absolute Gasteiger partial charge is 0.254 e. The summed E-state index contributed by atoms with van der Waals surface area (Å²) in [5.74, 6) is 0.788. The Balaban J connectivity index is 2.15. The zero-order chi connectivity index (χ0) is 13.1. The lowest BCUT2D eigenvalue weighted by molar-refractivity contribution is 0.0827. The number of carbonyl (C=O) groups excluding carboxylic acids is 1. The van der Waals surface area contributed by atoms with Gasteiger partial charge in [0.15, 0.2) is 0 Å². The van der Waals surface area contributed by atoms with E-state index in [1.807, 2.05) is 6.07 Å². The molecule has 2 heterocycles. The highest BCUT2D eigenvalue weighted by Crippen LogP contribution is 2.23. The number of hydrogen-bond donors (Lipinski definition) is 1. The molecule has 0 spiro atoms. The van der Waals surface area contributed by atoms with E-state index in [0.717, 1.165) is 25.2 Å². The van der Waals surface area contributed by atoms with Crippen molar-refractivity contribution in [2.45, 2.75) is 18.9 Å². The Hall–Kier alpha value is -1.62. The highest BCUT2D eigenvalue weighted by molar-refractivity contribution is 5.93. The molecule has 1 N–H and O–H groups in total. The van der Waals surface area contributed by atoms with Gasteiger partial charge in [0.05, 0.1) is 18.2 Å². The zero-order valence-electron chi connectivity index (χ0n) is 10.8. The molecule has 98 valence electrons. The van der Waals surface area contributed by atoms with Gasteiger partial charge in [-0.05, 0) is 25.0 Å². The topological polar surface area (TPSA) is 56.7 Å². The van der Waals surface area contributed by atoms with Gasteiger partial charge < -0.3 is 14.9 Å².